The van der Waals surface area contributed by atoms with E-state index in [1.807, 2.05) is 0 Å². The van der Waals surface area contributed by atoms with Gasteiger partial charge < -0.3 is 25.4 Å². The molecule has 41 heavy (non-hydrogen) atoms. The van der Waals surface area contributed by atoms with Crippen molar-refractivity contribution in [3.05, 3.63) is 52.4 Å². The van der Waals surface area contributed by atoms with E-state index in [0.717, 1.165) is 16.2 Å². The van der Waals surface area contributed by atoms with E-state index in [-0.39, 0.29) is 63.4 Å². The summed E-state index contributed by atoms with van der Waals surface area (Å²) in [5, 5.41) is 36.4. The van der Waals surface area contributed by atoms with Crippen molar-refractivity contribution >= 4 is 63.5 Å². The number of aromatic nitrogens is 4. The number of carboxylic acids is 1. The molecular formula is C23H20FN8NaO5S3. The first-order valence-electron chi connectivity index (χ1n) is 11.5. The van der Waals surface area contributed by atoms with Crippen LogP contribution in [0.2, 0.25) is 0 Å². The van der Waals surface area contributed by atoms with Crippen LogP contribution in [0.3, 0.4) is 0 Å². The molecule has 5 rings (SSSR count). The van der Waals surface area contributed by atoms with Crippen LogP contribution in [0.1, 0.15) is 5.69 Å². The molecule has 0 radical (unpaired) electrons. The van der Waals surface area contributed by atoms with E-state index in [1.165, 1.54) is 48.1 Å². The molecule has 0 saturated carbocycles. The number of amides is 1. The molecule has 0 unspecified atom stereocenters. The molecule has 13 nitrogen and oxygen atoms in total. The summed E-state index contributed by atoms with van der Waals surface area (Å²) in [5.74, 6) is -2.01. The fourth-order valence-electron chi connectivity index (χ4n) is 4.07. The molecule has 2 atom stereocenters. The van der Waals surface area contributed by atoms with Crippen molar-refractivity contribution in [1.29, 1.82) is 0 Å². The maximum atomic E-state index is 13.3. The van der Waals surface area contributed by atoms with Crippen LogP contribution in [0.5, 0.6) is 0 Å². The van der Waals surface area contributed by atoms with Crippen molar-refractivity contribution in [3.63, 3.8) is 0 Å². The molecule has 2 aromatic heterocycles. The average molecular weight is 627 g/mol. The van der Waals surface area contributed by atoms with Crippen molar-refractivity contribution < 1.29 is 58.6 Å². The number of benzene rings is 1. The van der Waals surface area contributed by atoms with Gasteiger partial charge in [-0.25, -0.2) is 14.2 Å². The number of halogens is 1. The third-order valence-electron chi connectivity index (χ3n) is 5.94. The summed E-state index contributed by atoms with van der Waals surface area (Å²) in [6, 6.07) is 4.75. The number of β-lactam (4-membered cyclic amide) rings is 1. The second-order valence-electron chi connectivity index (χ2n) is 8.40. The van der Waals surface area contributed by atoms with Crippen molar-refractivity contribution in [1.82, 2.24) is 24.6 Å². The second kappa shape index (κ2) is 12.9. The topological polar surface area (TPSA) is 184 Å². The molecule has 3 N–H and O–H groups in total. The number of fused-ring (bicyclic) bond motifs is 1. The summed E-state index contributed by atoms with van der Waals surface area (Å²) in [6.07, 6.45) is 0. The zero-order valence-electron chi connectivity index (χ0n) is 21.8. The van der Waals surface area contributed by atoms with Crippen LogP contribution < -0.4 is 40.4 Å². The second-order valence-corrected chi connectivity index (χ2v) is 11.3. The molecule has 1 saturated heterocycles. The number of carbonyl (C=O) groups excluding carboxylic acids is 1. The third-order valence-corrected chi connectivity index (χ3v) is 9.05. The van der Waals surface area contributed by atoms with Crippen molar-refractivity contribution in [2.24, 2.45) is 17.2 Å². The first-order chi connectivity index (χ1) is 19.2. The third kappa shape index (κ3) is 6.14. The zero-order valence-corrected chi connectivity index (χ0v) is 26.3. The van der Waals surface area contributed by atoms with Gasteiger partial charge in [-0.05, 0) is 29.8 Å². The monoisotopic (exact) mass is 626 g/mol. The molecule has 1 amide bonds. The number of aliphatic imine (C=N–C) groups is 1. The number of hydrogen-bond donors (Lipinski definition) is 2. The van der Waals surface area contributed by atoms with Crippen molar-refractivity contribution in [3.8, 4) is 11.4 Å². The van der Waals surface area contributed by atoms with Gasteiger partial charge in [-0.3, -0.25) is 14.7 Å². The van der Waals surface area contributed by atoms with Gasteiger partial charge in [-0.15, -0.1) is 33.3 Å². The van der Waals surface area contributed by atoms with Gasteiger partial charge >= 0.3 is 35.5 Å². The number of thiazole rings is 1. The van der Waals surface area contributed by atoms with Gasteiger partial charge in [0, 0.05) is 35.4 Å². The standard InChI is InChI=1S/C23H21FN8O5S3.Na/c1-31-17(10-3-5-12(24)6-4-10)28-29-23(31)40-8-11-7-38-20-15(19(34)32(20)16(11)21(35)36)27-18(33)14(30-37-2)13-9-39-22(25)26-13;/h3-6,9,15,20H,7-8H2,1-2H3,(H2,25,26)(H,27,33)(H,35,36);/q;+1/p-1/b30-14-;/t15-,20-;/m1./s1. The van der Waals surface area contributed by atoms with Crippen LogP contribution in [0.25, 0.3) is 11.4 Å². The largest absolute Gasteiger partial charge is 1.00 e. The Morgan fingerprint density at radius 1 is 1.34 bits per heavy atom. The molecule has 0 aliphatic carbocycles. The minimum absolute atomic E-state index is 0. The summed E-state index contributed by atoms with van der Waals surface area (Å²) in [5.41, 5.74) is 6.65. The SMILES string of the molecule is CO/N=C(\C([O-])=N[C@@H]1C(=O)N2C(C(=O)O)=C(CSc3nnc(-c4ccc(F)cc4)n3C)CS[C@H]12)c1csc(N)n1.[Na+]. The van der Waals surface area contributed by atoms with Gasteiger partial charge in [-0.2, -0.15) is 0 Å². The molecule has 4 heterocycles. The summed E-state index contributed by atoms with van der Waals surface area (Å²) in [4.78, 5) is 39.2. The van der Waals surface area contributed by atoms with Crippen LogP contribution in [0.4, 0.5) is 9.52 Å². The molecular weight excluding hydrogens is 606 g/mol. The molecule has 3 aromatic rings. The first kappa shape index (κ1) is 31.0. The number of aliphatic carboxylic acids is 1. The number of anilines is 1. The van der Waals surface area contributed by atoms with E-state index in [1.54, 1.807) is 23.7 Å². The molecule has 2 aliphatic heterocycles. The Morgan fingerprint density at radius 3 is 2.71 bits per heavy atom. The number of nitrogens with zero attached hydrogens (tertiary/aromatic N) is 7. The number of nitrogen functional groups attached to an aromatic ring is 1. The van der Waals surface area contributed by atoms with Crippen LogP contribution >= 0.6 is 34.9 Å². The molecule has 18 heteroatoms. The number of carboxylic acid groups (broad SMARTS) is 1. The number of nitrogens with two attached hydrogens (primary N) is 1. The van der Waals surface area contributed by atoms with E-state index in [2.05, 4.69) is 25.3 Å². The predicted octanol–water partition coefficient (Wildman–Crippen LogP) is -1.81. The molecule has 2 aliphatic rings. The Labute approximate surface area is 267 Å². The Balaban J connectivity index is 0.00000387. The Hall–Kier alpha value is -2.96. The number of rotatable bonds is 9. The quantitative estimate of drug-likeness (QED) is 0.0681. The zero-order chi connectivity index (χ0) is 28.6. The molecule has 1 fully saturated rings. The first-order valence-corrected chi connectivity index (χ1v) is 14.4. The summed E-state index contributed by atoms with van der Waals surface area (Å²) < 4.78 is 15.0. The van der Waals surface area contributed by atoms with E-state index < -0.39 is 29.2 Å². The predicted molar refractivity (Wildman–Crippen MR) is 146 cm³/mol. The molecule has 208 valence electrons. The maximum absolute atomic E-state index is 13.3. The van der Waals surface area contributed by atoms with Crippen LogP contribution in [-0.2, 0) is 21.5 Å². The van der Waals surface area contributed by atoms with E-state index in [9.17, 15) is 24.2 Å². The fraction of sp³-hybridized carbons (Fsp3) is 0.261. The minimum Gasteiger partial charge on any atom is -0.857 e. The molecule has 1 aromatic carbocycles. The van der Waals surface area contributed by atoms with E-state index in [0.29, 0.717) is 27.9 Å². The Kier molecular flexibility index (Phi) is 9.76. The Bertz CT molecular complexity index is 1580. The van der Waals surface area contributed by atoms with Gasteiger partial charge in [0.1, 0.15) is 35.4 Å². The summed E-state index contributed by atoms with van der Waals surface area (Å²) in [6.45, 7) is 0. The van der Waals surface area contributed by atoms with Gasteiger partial charge in [0.15, 0.2) is 22.2 Å². The molecule has 0 spiro atoms. The van der Waals surface area contributed by atoms with Crippen molar-refractivity contribution in [2.45, 2.75) is 16.6 Å². The van der Waals surface area contributed by atoms with Gasteiger partial charge in [-0.1, -0.05) is 16.9 Å². The molecule has 0 bridgehead atoms. The van der Waals surface area contributed by atoms with E-state index >= 15 is 0 Å². The smallest absolute Gasteiger partial charge is 0.857 e. The summed E-state index contributed by atoms with van der Waals surface area (Å²) >= 11 is 3.67. The van der Waals surface area contributed by atoms with Crippen molar-refractivity contribution in [2.75, 3.05) is 24.3 Å². The number of thioether (sulfide) groups is 2. The van der Waals surface area contributed by atoms with Crippen LogP contribution in [0.15, 0.2) is 56.2 Å². The minimum atomic E-state index is -1.26. The average Bonchev–Trinajstić information content (AvgIpc) is 3.53. The number of hydrogen-bond acceptors (Lipinski definition) is 13. The van der Waals surface area contributed by atoms with Crippen LogP contribution in [-0.4, -0.2) is 83.3 Å². The van der Waals surface area contributed by atoms with Gasteiger partial charge in [0.2, 0.25) is 0 Å². The maximum Gasteiger partial charge on any atom is 1.00 e. The van der Waals surface area contributed by atoms with Crippen LogP contribution in [0, 0.1) is 5.82 Å². The number of carbonyl (C=O) groups is 2. The fourth-order valence-corrected chi connectivity index (χ4v) is 7.00. The van der Waals surface area contributed by atoms with Gasteiger partial charge in [0.25, 0.3) is 5.91 Å². The van der Waals surface area contributed by atoms with Gasteiger partial charge in [0.05, 0.1) is 0 Å². The summed E-state index contributed by atoms with van der Waals surface area (Å²) in [7, 11) is 3.01. The Morgan fingerprint density at radius 2 is 2.07 bits per heavy atom. The van der Waals surface area contributed by atoms with E-state index in [4.69, 9.17) is 10.6 Å². The number of oxime groups is 1. The normalized spacial score (nSPS) is 19.0.